The van der Waals surface area contributed by atoms with E-state index in [1.807, 2.05) is 0 Å². The van der Waals surface area contributed by atoms with Crippen molar-refractivity contribution in [2.75, 3.05) is 11.6 Å². The Morgan fingerprint density at radius 3 is 2.44 bits per heavy atom. The minimum absolute atomic E-state index is 0.0321. The Balaban J connectivity index is 2.36. The highest BCUT2D eigenvalue weighted by Gasteiger charge is 2.31. The lowest BCUT2D eigenvalue weighted by atomic mass is 10.1. The van der Waals surface area contributed by atoms with Crippen LogP contribution in [0.1, 0.15) is 24.1 Å². The van der Waals surface area contributed by atoms with Gasteiger partial charge in [-0.2, -0.15) is 13.2 Å². The number of rotatable bonds is 5. The fourth-order valence-corrected chi connectivity index (χ4v) is 4.07. The summed E-state index contributed by atoms with van der Waals surface area (Å²) >= 11 is 0.665. The molecule has 0 spiro atoms. The number of nitrogens with one attached hydrogen (secondary N) is 1. The van der Waals surface area contributed by atoms with E-state index in [1.54, 1.807) is 0 Å². The average Bonchev–Trinajstić information content (AvgIpc) is 2.90. The zero-order valence-corrected chi connectivity index (χ0v) is 14.6. The molecule has 6 nitrogen and oxygen atoms in total. The van der Waals surface area contributed by atoms with Crippen LogP contribution in [0.3, 0.4) is 0 Å². The molecule has 0 fully saturated rings. The second kappa shape index (κ2) is 6.64. The highest BCUT2D eigenvalue weighted by molar-refractivity contribution is 7.92. The summed E-state index contributed by atoms with van der Waals surface area (Å²) in [5, 5.41) is 13.8. The molecule has 0 saturated carbocycles. The molecule has 2 rings (SSSR count). The standard InChI is InChI=1S/C14H13F3N2O4S2/c1-8(9-4-3-5-10(6-9)14(15,16)17)18-13-11(19(20)21)7-12(24-13)25(2,22)23/h3-8,18H,1-2H3. The first-order valence-corrected chi connectivity index (χ1v) is 9.52. The monoisotopic (exact) mass is 394 g/mol. The van der Waals surface area contributed by atoms with Gasteiger partial charge in [-0.25, -0.2) is 8.42 Å². The zero-order valence-electron chi connectivity index (χ0n) is 13.0. The molecule has 0 aliphatic heterocycles. The number of sulfone groups is 1. The van der Waals surface area contributed by atoms with Crippen LogP contribution in [0.15, 0.2) is 34.5 Å². The smallest absolute Gasteiger partial charge is 0.365 e. The van der Waals surface area contributed by atoms with E-state index in [1.165, 1.54) is 19.1 Å². The van der Waals surface area contributed by atoms with Gasteiger partial charge in [0.15, 0.2) is 14.8 Å². The van der Waals surface area contributed by atoms with E-state index in [0.717, 1.165) is 24.5 Å². The summed E-state index contributed by atoms with van der Waals surface area (Å²) in [6, 6.07) is 4.78. The van der Waals surface area contributed by atoms with Crippen LogP contribution in [0, 0.1) is 10.1 Å². The zero-order chi connectivity index (χ0) is 19.0. The Bertz CT molecular complexity index is 907. The highest BCUT2D eigenvalue weighted by Crippen LogP contribution is 2.39. The largest absolute Gasteiger partial charge is 0.416 e. The number of alkyl halides is 3. The molecule has 0 saturated heterocycles. The van der Waals surface area contributed by atoms with Crippen LogP contribution in [0.5, 0.6) is 0 Å². The van der Waals surface area contributed by atoms with Crippen molar-refractivity contribution < 1.29 is 26.5 Å². The Labute approximate surface area is 145 Å². The molecule has 11 heteroatoms. The molecule has 1 heterocycles. The lowest BCUT2D eigenvalue weighted by Crippen LogP contribution is -2.10. The van der Waals surface area contributed by atoms with Crippen LogP contribution in [-0.2, 0) is 16.0 Å². The molecule has 1 unspecified atom stereocenters. The van der Waals surface area contributed by atoms with E-state index in [2.05, 4.69) is 5.32 Å². The van der Waals surface area contributed by atoms with Crippen molar-refractivity contribution in [3.8, 4) is 0 Å². The van der Waals surface area contributed by atoms with Gasteiger partial charge in [0.1, 0.15) is 4.21 Å². The highest BCUT2D eigenvalue weighted by atomic mass is 32.2. The molecule has 1 aromatic heterocycles. The number of halogens is 3. The molecule has 0 amide bonds. The van der Waals surface area contributed by atoms with Crippen LogP contribution in [0.4, 0.5) is 23.9 Å². The van der Waals surface area contributed by atoms with Gasteiger partial charge in [0.05, 0.1) is 10.5 Å². The van der Waals surface area contributed by atoms with Crippen molar-refractivity contribution >= 4 is 31.9 Å². The molecule has 1 aromatic carbocycles. The van der Waals surface area contributed by atoms with E-state index < -0.39 is 38.2 Å². The third-order valence-corrected chi connectivity index (χ3v) is 6.17. The van der Waals surface area contributed by atoms with Crippen LogP contribution < -0.4 is 5.32 Å². The first kappa shape index (κ1) is 19.2. The summed E-state index contributed by atoms with van der Waals surface area (Å²) < 4.78 is 61.3. The van der Waals surface area contributed by atoms with E-state index in [0.29, 0.717) is 11.3 Å². The van der Waals surface area contributed by atoms with E-state index in [9.17, 15) is 31.7 Å². The summed E-state index contributed by atoms with van der Waals surface area (Å²) in [6.45, 7) is 1.53. The number of anilines is 1. The molecule has 1 N–H and O–H groups in total. The van der Waals surface area contributed by atoms with E-state index >= 15 is 0 Å². The van der Waals surface area contributed by atoms with Crippen LogP contribution in [0.2, 0.25) is 0 Å². The summed E-state index contributed by atoms with van der Waals surface area (Å²) in [5.74, 6) is 0. The molecule has 0 bridgehead atoms. The van der Waals surface area contributed by atoms with Crippen molar-refractivity contribution in [1.82, 2.24) is 0 Å². The van der Waals surface area contributed by atoms with Gasteiger partial charge in [0.25, 0.3) is 0 Å². The minimum Gasteiger partial charge on any atom is -0.365 e. The van der Waals surface area contributed by atoms with Gasteiger partial charge >= 0.3 is 11.9 Å². The Morgan fingerprint density at radius 1 is 1.28 bits per heavy atom. The second-order valence-corrected chi connectivity index (χ2v) is 8.59. The molecule has 1 atom stereocenters. The lowest BCUT2D eigenvalue weighted by molar-refractivity contribution is -0.383. The maximum absolute atomic E-state index is 12.8. The average molecular weight is 394 g/mol. The number of hydrogen-bond acceptors (Lipinski definition) is 6. The van der Waals surface area contributed by atoms with Gasteiger partial charge in [-0.15, -0.1) is 0 Å². The van der Waals surface area contributed by atoms with Gasteiger partial charge in [-0.05, 0) is 24.6 Å². The maximum atomic E-state index is 12.8. The topological polar surface area (TPSA) is 89.3 Å². The molecule has 0 radical (unpaired) electrons. The van der Waals surface area contributed by atoms with Crippen molar-refractivity contribution in [2.45, 2.75) is 23.4 Å². The molecule has 0 aliphatic rings. The van der Waals surface area contributed by atoms with Crippen LogP contribution in [0.25, 0.3) is 0 Å². The first-order chi connectivity index (χ1) is 11.4. The molecule has 2 aromatic rings. The molecular weight excluding hydrogens is 381 g/mol. The molecular formula is C14H13F3N2O4S2. The predicted molar refractivity (Wildman–Crippen MR) is 87.6 cm³/mol. The second-order valence-electron chi connectivity index (χ2n) is 5.30. The number of thiophene rings is 1. The van der Waals surface area contributed by atoms with Gasteiger partial charge in [-0.3, -0.25) is 10.1 Å². The van der Waals surface area contributed by atoms with Crippen molar-refractivity contribution in [1.29, 1.82) is 0 Å². The number of nitro groups is 1. The number of hydrogen-bond donors (Lipinski definition) is 1. The SMILES string of the molecule is CC(Nc1sc(S(C)(=O)=O)cc1[N+](=O)[O-])c1cccc(C(F)(F)F)c1. The van der Waals surface area contributed by atoms with E-state index in [4.69, 9.17) is 0 Å². The molecule has 25 heavy (non-hydrogen) atoms. The fourth-order valence-electron chi connectivity index (χ4n) is 2.05. The third kappa shape index (κ3) is 4.48. The van der Waals surface area contributed by atoms with Gasteiger partial charge < -0.3 is 5.32 Å². The molecule has 0 aliphatic carbocycles. The van der Waals surface area contributed by atoms with Crippen LogP contribution >= 0.6 is 11.3 Å². The normalized spacial score (nSPS) is 13.5. The van der Waals surface area contributed by atoms with Crippen molar-refractivity contribution in [3.63, 3.8) is 0 Å². The van der Waals surface area contributed by atoms with Crippen molar-refractivity contribution in [2.24, 2.45) is 0 Å². The maximum Gasteiger partial charge on any atom is 0.416 e. The predicted octanol–water partition coefficient (Wildman–Crippen LogP) is 4.25. The Hall–Kier alpha value is -2.14. The third-order valence-electron chi connectivity index (χ3n) is 3.31. The quantitative estimate of drug-likeness (QED) is 0.605. The first-order valence-electron chi connectivity index (χ1n) is 6.81. The lowest BCUT2D eigenvalue weighted by Gasteiger charge is -2.16. The minimum atomic E-state index is -4.51. The summed E-state index contributed by atoms with van der Waals surface area (Å²) in [4.78, 5) is 10.4. The summed E-state index contributed by atoms with van der Waals surface area (Å²) in [7, 11) is -3.64. The van der Waals surface area contributed by atoms with Crippen LogP contribution in [-0.4, -0.2) is 19.6 Å². The van der Waals surface area contributed by atoms with Gasteiger partial charge in [0.2, 0.25) is 0 Å². The van der Waals surface area contributed by atoms with Crippen molar-refractivity contribution in [3.05, 3.63) is 51.6 Å². The number of benzene rings is 1. The van der Waals surface area contributed by atoms with Gasteiger partial charge in [-0.1, -0.05) is 23.5 Å². The Kier molecular flexibility index (Phi) is 5.09. The molecule has 136 valence electrons. The summed E-state index contributed by atoms with van der Waals surface area (Å²) in [6.07, 6.45) is -3.59. The summed E-state index contributed by atoms with van der Waals surface area (Å²) in [5.41, 5.74) is -1.01. The number of nitrogens with zero attached hydrogens (tertiary/aromatic N) is 1. The Morgan fingerprint density at radius 2 is 1.92 bits per heavy atom. The fraction of sp³-hybridized carbons (Fsp3) is 0.286. The van der Waals surface area contributed by atoms with Gasteiger partial charge in [0, 0.05) is 18.4 Å². The van der Waals surface area contributed by atoms with E-state index in [-0.39, 0.29) is 14.8 Å².